The van der Waals surface area contributed by atoms with Gasteiger partial charge in [0.2, 0.25) is 0 Å². The van der Waals surface area contributed by atoms with Crippen molar-refractivity contribution in [3.8, 4) is 0 Å². The van der Waals surface area contributed by atoms with Gasteiger partial charge in [0.25, 0.3) is 5.91 Å². The first-order valence-corrected chi connectivity index (χ1v) is 10.6. The van der Waals surface area contributed by atoms with E-state index in [2.05, 4.69) is 15.5 Å². The molecule has 0 bridgehead atoms. The van der Waals surface area contributed by atoms with Crippen LogP contribution in [0.5, 0.6) is 0 Å². The van der Waals surface area contributed by atoms with E-state index in [0.717, 1.165) is 69.4 Å². The van der Waals surface area contributed by atoms with Gasteiger partial charge in [-0.2, -0.15) is 5.10 Å². The highest BCUT2D eigenvalue weighted by atomic mass is 32.2. The SMILES string of the molecule is Nc1c(C(=O)NCc2ccc(SCF)cc2)sc2nnc3c(c12)CCCC3. The van der Waals surface area contributed by atoms with Gasteiger partial charge in [-0.05, 0) is 48.9 Å². The van der Waals surface area contributed by atoms with Gasteiger partial charge in [0.1, 0.15) is 15.7 Å². The Balaban J connectivity index is 1.53. The molecule has 0 saturated carbocycles. The molecule has 0 radical (unpaired) electrons. The molecule has 5 nitrogen and oxygen atoms in total. The fourth-order valence-electron chi connectivity index (χ4n) is 3.37. The van der Waals surface area contributed by atoms with Crippen molar-refractivity contribution in [3.05, 3.63) is 46.0 Å². The van der Waals surface area contributed by atoms with Crippen molar-refractivity contribution in [2.45, 2.75) is 37.1 Å². The summed E-state index contributed by atoms with van der Waals surface area (Å²) in [7, 11) is 0. The number of thioether (sulfide) groups is 1. The fraction of sp³-hybridized carbons (Fsp3) is 0.316. The first-order valence-electron chi connectivity index (χ1n) is 8.79. The number of benzene rings is 1. The van der Waals surface area contributed by atoms with Gasteiger partial charge in [-0.3, -0.25) is 4.79 Å². The number of carbonyl (C=O) groups is 1. The van der Waals surface area contributed by atoms with Crippen molar-refractivity contribution in [2.24, 2.45) is 0 Å². The lowest BCUT2D eigenvalue weighted by molar-refractivity contribution is 0.0956. The number of hydrogen-bond donors (Lipinski definition) is 2. The molecule has 1 aliphatic carbocycles. The van der Waals surface area contributed by atoms with Gasteiger partial charge in [-0.25, -0.2) is 4.39 Å². The van der Waals surface area contributed by atoms with Crippen LogP contribution in [-0.4, -0.2) is 22.1 Å². The predicted molar refractivity (Wildman–Crippen MR) is 108 cm³/mol. The number of aryl methyl sites for hydroxylation is 2. The first-order chi connectivity index (χ1) is 13.2. The lowest BCUT2D eigenvalue weighted by Crippen LogP contribution is -2.22. The zero-order valence-corrected chi connectivity index (χ0v) is 16.3. The Bertz CT molecular complexity index is 988. The Kier molecular flexibility index (Phi) is 5.27. The molecular weight excluding hydrogens is 383 g/mol. The second-order valence-electron chi connectivity index (χ2n) is 6.44. The third-order valence-corrected chi connectivity index (χ3v) is 6.54. The van der Waals surface area contributed by atoms with Crippen LogP contribution in [-0.2, 0) is 19.4 Å². The van der Waals surface area contributed by atoms with Crippen LogP contribution in [0.3, 0.4) is 0 Å². The summed E-state index contributed by atoms with van der Waals surface area (Å²) in [5.74, 6) is -0.206. The molecule has 3 N–H and O–H groups in total. The summed E-state index contributed by atoms with van der Waals surface area (Å²) in [6.45, 7) is 0.386. The number of anilines is 1. The van der Waals surface area contributed by atoms with E-state index in [0.29, 0.717) is 17.1 Å². The average molecular weight is 403 g/mol. The van der Waals surface area contributed by atoms with Crippen LogP contribution in [0.4, 0.5) is 10.1 Å². The Morgan fingerprint density at radius 2 is 2.00 bits per heavy atom. The van der Waals surface area contributed by atoms with Crippen LogP contribution in [0, 0.1) is 0 Å². The zero-order valence-electron chi connectivity index (χ0n) is 14.6. The van der Waals surface area contributed by atoms with Crippen molar-refractivity contribution in [3.63, 3.8) is 0 Å². The molecule has 4 rings (SSSR count). The highest BCUT2D eigenvalue weighted by molar-refractivity contribution is 7.99. The standard InChI is InChI=1S/C19H19FN4OS2/c20-10-26-12-7-5-11(6-8-12)9-22-18(25)17-16(21)15-13-3-1-2-4-14(13)23-24-19(15)27-17/h5-8H,1-4,9-10,21H2,(H,22,25). The van der Waals surface area contributed by atoms with E-state index in [9.17, 15) is 9.18 Å². The molecule has 3 aromatic rings. The van der Waals surface area contributed by atoms with E-state index in [1.807, 2.05) is 24.3 Å². The van der Waals surface area contributed by atoms with Crippen molar-refractivity contribution in [1.82, 2.24) is 15.5 Å². The largest absolute Gasteiger partial charge is 0.397 e. The number of nitrogens with one attached hydrogen (secondary N) is 1. The number of alkyl halides is 1. The molecule has 0 unspecified atom stereocenters. The summed E-state index contributed by atoms with van der Waals surface area (Å²) in [6.07, 6.45) is 4.09. The van der Waals surface area contributed by atoms with Crippen molar-refractivity contribution in [1.29, 1.82) is 0 Å². The van der Waals surface area contributed by atoms with Gasteiger partial charge >= 0.3 is 0 Å². The van der Waals surface area contributed by atoms with Crippen molar-refractivity contribution in [2.75, 3.05) is 11.7 Å². The highest BCUT2D eigenvalue weighted by Gasteiger charge is 2.23. The molecule has 27 heavy (non-hydrogen) atoms. The number of thiophene rings is 1. The minimum Gasteiger partial charge on any atom is -0.397 e. The van der Waals surface area contributed by atoms with E-state index in [4.69, 9.17) is 5.73 Å². The molecule has 1 aliphatic rings. The predicted octanol–water partition coefficient (Wildman–Crippen LogP) is 4.10. The summed E-state index contributed by atoms with van der Waals surface area (Å²) in [5.41, 5.74) is 9.95. The maximum Gasteiger partial charge on any atom is 0.263 e. The molecule has 1 amide bonds. The molecule has 2 heterocycles. The van der Waals surface area contributed by atoms with E-state index >= 15 is 0 Å². The molecule has 2 aromatic heterocycles. The highest BCUT2D eigenvalue weighted by Crippen LogP contribution is 2.37. The fourth-order valence-corrected chi connectivity index (χ4v) is 4.81. The Hall–Kier alpha value is -2.19. The van der Waals surface area contributed by atoms with Gasteiger partial charge in [-0.1, -0.05) is 23.9 Å². The smallest absolute Gasteiger partial charge is 0.263 e. The maximum absolute atomic E-state index is 12.7. The van der Waals surface area contributed by atoms with Crippen LogP contribution in [0.15, 0.2) is 29.2 Å². The third-order valence-electron chi connectivity index (χ3n) is 4.73. The van der Waals surface area contributed by atoms with Gasteiger partial charge in [0.05, 0.1) is 11.4 Å². The van der Waals surface area contributed by atoms with Gasteiger partial charge in [0.15, 0.2) is 0 Å². The van der Waals surface area contributed by atoms with Gasteiger partial charge < -0.3 is 11.1 Å². The Morgan fingerprint density at radius 3 is 2.78 bits per heavy atom. The minimum atomic E-state index is -0.451. The Labute approximate surface area is 164 Å². The normalized spacial score (nSPS) is 13.5. The Morgan fingerprint density at radius 1 is 1.22 bits per heavy atom. The zero-order chi connectivity index (χ0) is 18.8. The molecule has 0 saturated heterocycles. The second kappa shape index (κ2) is 7.82. The van der Waals surface area contributed by atoms with Crippen LogP contribution in [0.1, 0.15) is 39.3 Å². The number of amides is 1. The number of nitrogen functional groups attached to an aromatic ring is 1. The summed E-state index contributed by atoms with van der Waals surface area (Å²) in [4.78, 5) is 14.7. The number of hydrogen-bond acceptors (Lipinski definition) is 6. The van der Waals surface area contributed by atoms with Gasteiger partial charge in [0, 0.05) is 16.8 Å². The van der Waals surface area contributed by atoms with Crippen molar-refractivity contribution >= 4 is 44.9 Å². The molecule has 140 valence electrons. The summed E-state index contributed by atoms with van der Waals surface area (Å²) in [5, 5.41) is 12.4. The van der Waals surface area contributed by atoms with Crippen molar-refractivity contribution < 1.29 is 9.18 Å². The topological polar surface area (TPSA) is 80.9 Å². The van der Waals surface area contributed by atoms with E-state index in [1.54, 1.807) is 0 Å². The molecular formula is C19H19FN4OS2. The number of aromatic nitrogens is 2. The van der Waals surface area contributed by atoms with E-state index < -0.39 is 6.01 Å². The molecule has 1 aromatic carbocycles. The second-order valence-corrected chi connectivity index (χ2v) is 8.41. The van der Waals surface area contributed by atoms with Crippen LogP contribution >= 0.6 is 23.1 Å². The number of rotatable bonds is 5. The minimum absolute atomic E-state index is 0.206. The van der Waals surface area contributed by atoms with E-state index in [1.165, 1.54) is 11.3 Å². The number of carbonyl (C=O) groups excluding carboxylic acids is 1. The average Bonchev–Trinajstić information content (AvgIpc) is 3.05. The number of fused-ring (bicyclic) bond motifs is 3. The molecule has 0 spiro atoms. The third kappa shape index (κ3) is 3.64. The van der Waals surface area contributed by atoms with E-state index in [-0.39, 0.29) is 5.91 Å². The summed E-state index contributed by atoms with van der Waals surface area (Å²) in [6, 6.07) is 7.01. The van der Waals surface area contributed by atoms with Crippen LogP contribution in [0.25, 0.3) is 10.2 Å². The molecule has 8 heteroatoms. The molecule has 0 fully saturated rings. The van der Waals surface area contributed by atoms with Gasteiger partial charge in [-0.15, -0.1) is 16.4 Å². The number of nitrogens with two attached hydrogens (primary N) is 1. The monoisotopic (exact) mass is 402 g/mol. The van der Waals surface area contributed by atoms with Crippen LogP contribution < -0.4 is 11.1 Å². The quantitative estimate of drug-likeness (QED) is 0.628. The van der Waals surface area contributed by atoms with Crippen LogP contribution in [0.2, 0.25) is 0 Å². The number of halogens is 1. The summed E-state index contributed by atoms with van der Waals surface area (Å²) >= 11 is 2.43. The lowest BCUT2D eigenvalue weighted by Gasteiger charge is -2.14. The first kappa shape index (κ1) is 18.2. The number of nitrogens with zero attached hydrogens (tertiary/aromatic N) is 2. The molecule has 0 atom stereocenters. The molecule has 0 aliphatic heterocycles. The lowest BCUT2D eigenvalue weighted by atomic mass is 9.94. The maximum atomic E-state index is 12.7. The summed E-state index contributed by atoms with van der Waals surface area (Å²) < 4.78 is 12.3.